The van der Waals surface area contributed by atoms with E-state index in [0.717, 1.165) is 13.1 Å². The number of rotatable bonds is 5. The Kier molecular flexibility index (Phi) is 4.15. The van der Waals surface area contributed by atoms with Gasteiger partial charge in [-0.05, 0) is 24.1 Å². The van der Waals surface area contributed by atoms with Gasteiger partial charge in [0.05, 0.1) is 6.20 Å². The molecule has 0 saturated heterocycles. The summed E-state index contributed by atoms with van der Waals surface area (Å²) in [7, 11) is 1.96. The summed E-state index contributed by atoms with van der Waals surface area (Å²) < 4.78 is 2.02. The van der Waals surface area contributed by atoms with E-state index in [1.54, 1.807) is 0 Å². The first-order valence-corrected chi connectivity index (χ1v) is 6.45. The summed E-state index contributed by atoms with van der Waals surface area (Å²) in [6, 6.07) is 8.63. The average Bonchev–Trinajstić information content (AvgIpc) is 2.78. The van der Waals surface area contributed by atoms with E-state index in [2.05, 4.69) is 54.7 Å². The monoisotopic (exact) mass is 243 g/mol. The van der Waals surface area contributed by atoms with Crippen LogP contribution in [0.2, 0.25) is 0 Å². The highest BCUT2D eigenvalue weighted by Gasteiger charge is 2.03. The van der Waals surface area contributed by atoms with E-state index < -0.39 is 0 Å². The summed E-state index contributed by atoms with van der Waals surface area (Å²) in [5, 5.41) is 7.55. The Morgan fingerprint density at radius 2 is 1.89 bits per heavy atom. The van der Waals surface area contributed by atoms with Crippen molar-refractivity contribution in [3.05, 3.63) is 42.2 Å². The van der Waals surface area contributed by atoms with E-state index in [4.69, 9.17) is 0 Å². The molecule has 0 unspecified atom stereocenters. The smallest absolute Gasteiger partial charge is 0.0568 e. The van der Waals surface area contributed by atoms with Crippen molar-refractivity contribution in [1.29, 1.82) is 0 Å². The summed E-state index contributed by atoms with van der Waals surface area (Å²) in [6.07, 6.45) is 4.06. The predicted molar refractivity (Wildman–Crippen MR) is 75.3 cm³/mol. The van der Waals surface area contributed by atoms with Crippen LogP contribution in [0.4, 0.5) is 0 Å². The summed E-state index contributed by atoms with van der Waals surface area (Å²) in [5.74, 6) is 0.621. The molecule has 3 heteroatoms. The van der Waals surface area contributed by atoms with Crippen molar-refractivity contribution >= 4 is 0 Å². The molecule has 2 rings (SSSR count). The van der Waals surface area contributed by atoms with Gasteiger partial charge in [-0.25, -0.2) is 0 Å². The highest BCUT2D eigenvalue weighted by molar-refractivity contribution is 5.61. The maximum absolute atomic E-state index is 4.40. The van der Waals surface area contributed by atoms with Crippen LogP contribution in [0.5, 0.6) is 0 Å². The molecule has 1 aromatic carbocycles. The number of nitrogens with one attached hydrogen (secondary N) is 1. The third-order valence-electron chi connectivity index (χ3n) is 2.85. The zero-order valence-electron chi connectivity index (χ0n) is 11.4. The molecule has 18 heavy (non-hydrogen) atoms. The fourth-order valence-corrected chi connectivity index (χ4v) is 2.01. The predicted octanol–water partition coefficient (Wildman–Crippen LogP) is 2.93. The van der Waals surface area contributed by atoms with Crippen molar-refractivity contribution in [2.24, 2.45) is 5.92 Å². The van der Waals surface area contributed by atoms with Crippen LogP contribution in [0.25, 0.3) is 11.1 Å². The van der Waals surface area contributed by atoms with Crippen molar-refractivity contribution in [1.82, 2.24) is 15.1 Å². The van der Waals surface area contributed by atoms with Crippen LogP contribution in [-0.4, -0.2) is 16.8 Å². The zero-order chi connectivity index (χ0) is 13.0. The molecule has 0 radical (unpaired) electrons. The van der Waals surface area contributed by atoms with E-state index >= 15 is 0 Å². The number of nitrogens with zero attached hydrogens (tertiary/aromatic N) is 2. The van der Waals surface area contributed by atoms with Crippen LogP contribution >= 0.6 is 0 Å². The normalized spacial score (nSPS) is 11.1. The molecule has 1 heterocycles. The molecule has 1 N–H and O–H groups in total. The molecule has 0 amide bonds. The Morgan fingerprint density at radius 1 is 1.17 bits per heavy atom. The van der Waals surface area contributed by atoms with Crippen LogP contribution < -0.4 is 5.32 Å². The highest BCUT2D eigenvalue weighted by atomic mass is 15.3. The summed E-state index contributed by atoms with van der Waals surface area (Å²) in [5.41, 5.74) is 3.72. The second-order valence-electron chi connectivity index (χ2n) is 5.07. The first kappa shape index (κ1) is 12.8. The maximum atomic E-state index is 4.40. The van der Waals surface area contributed by atoms with Crippen molar-refractivity contribution in [2.45, 2.75) is 26.9 Å². The van der Waals surface area contributed by atoms with E-state index in [1.165, 1.54) is 16.7 Å². The molecule has 0 aliphatic heterocycles. The largest absolute Gasteiger partial charge is 0.316 e. The van der Waals surface area contributed by atoms with Gasteiger partial charge >= 0.3 is 0 Å². The third-order valence-corrected chi connectivity index (χ3v) is 2.85. The molecule has 0 spiro atoms. The molecule has 0 aliphatic carbocycles. The summed E-state index contributed by atoms with van der Waals surface area (Å²) >= 11 is 0. The van der Waals surface area contributed by atoms with Gasteiger partial charge in [-0.3, -0.25) is 4.68 Å². The van der Waals surface area contributed by atoms with E-state index in [1.807, 2.05) is 17.9 Å². The molecule has 0 saturated carbocycles. The standard InChI is InChI=1S/C15H21N3/c1-12(2)10-18-11-15(9-17-18)14-6-4-13(5-7-14)8-16-3/h4-7,9,11-12,16H,8,10H2,1-3H3. The van der Waals surface area contributed by atoms with E-state index in [9.17, 15) is 0 Å². The Bertz CT molecular complexity index is 483. The molecule has 0 fully saturated rings. The quantitative estimate of drug-likeness (QED) is 0.875. The van der Waals surface area contributed by atoms with Crippen molar-refractivity contribution in [3.63, 3.8) is 0 Å². The van der Waals surface area contributed by atoms with Gasteiger partial charge in [0.25, 0.3) is 0 Å². The molecule has 0 atom stereocenters. The topological polar surface area (TPSA) is 29.9 Å². The van der Waals surface area contributed by atoms with Gasteiger partial charge in [0.1, 0.15) is 0 Å². The number of hydrogen-bond donors (Lipinski definition) is 1. The van der Waals surface area contributed by atoms with Gasteiger partial charge in [0.2, 0.25) is 0 Å². The lowest BCUT2D eigenvalue weighted by molar-refractivity contribution is 0.483. The first-order chi connectivity index (χ1) is 8.69. The zero-order valence-corrected chi connectivity index (χ0v) is 11.4. The summed E-state index contributed by atoms with van der Waals surface area (Å²) in [6.45, 7) is 6.28. The van der Waals surface area contributed by atoms with E-state index in [-0.39, 0.29) is 0 Å². The minimum atomic E-state index is 0.621. The molecule has 0 bridgehead atoms. The van der Waals surface area contributed by atoms with Gasteiger partial charge < -0.3 is 5.32 Å². The van der Waals surface area contributed by atoms with Gasteiger partial charge in [-0.2, -0.15) is 5.10 Å². The third kappa shape index (κ3) is 3.20. The molecule has 1 aromatic heterocycles. The SMILES string of the molecule is CNCc1ccc(-c2cnn(CC(C)C)c2)cc1. The minimum absolute atomic E-state index is 0.621. The van der Waals surface area contributed by atoms with Crippen molar-refractivity contribution in [3.8, 4) is 11.1 Å². The van der Waals surface area contributed by atoms with E-state index in [0.29, 0.717) is 5.92 Å². The van der Waals surface area contributed by atoms with Gasteiger partial charge in [0.15, 0.2) is 0 Å². The van der Waals surface area contributed by atoms with Crippen LogP contribution in [0.3, 0.4) is 0 Å². The molecular weight excluding hydrogens is 222 g/mol. The van der Waals surface area contributed by atoms with Crippen molar-refractivity contribution < 1.29 is 0 Å². The van der Waals surface area contributed by atoms with Crippen LogP contribution in [-0.2, 0) is 13.1 Å². The number of aromatic nitrogens is 2. The lowest BCUT2D eigenvalue weighted by Crippen LogP contribution is -2.04. The van der Waals surface area contributed by atoms with Gasteiger partial charge in [-0.15, -0.1) is 0 Å². The fraction of sp³-hybridized carbons (Fsp3) is 0.400. The number of benzene rings is 1. The second-order valence-corrected chi connectivity index (χ2v) is 5.07. The molecular formula is C15H21N3. The highest BCUT2D eigenvalue weighted by Crippen LogP contribution is 2.19. The lowest BCUT2D eigenvalue weighted by atomic mass is 10.1. The van der Waals surface area contributed by atoms with Crippen LogP contribution in [0, 0.1) is 5.92 Å². The number of hydrogen-bond acceptors (Lipinski definition) is 2. The molecule has 0 aliphatic rings. The van der Waals surface area contributed by atoms with Crippen molar-refractivity contribution in [2.75, 3.05) is 7.05 Å². The van der Waals surface area contributed by atoms with Gasteiger partial charge in [-0.1, -0.05) is 38.1 Å². The Hall–Kier alpha value is -1.61. The Morgan fingerprint density at radius 3 is 2.50 bits per heavy atom. The summed E-state index contributed by atoms with van der Waals surface area (Å²) in [4.78, 5) is 0. The molecule has 96 valence electrons. The lowest BCUT2D eigenvalue weighted by Gasteiger charge is -2.04. The Labute approximate surface area is 109 Å². The minimum Gasteiger partial charge on any atom is -0.316 e. The van der Waals surface area contributed by atoms with Crippen LogP contribution in [0.1, 0.15) is 19.4 Å². The van der Waals surface area contributed by atoms with Gasteiger partial charge in [0, 0.05) is 24.8 Å². The average molecular weight is 243 g/mol. The molecule has 3 nitrogen and oxygen atoms in total. The maximum Gasteiger partial charge on any atom is 0.0568 e. The fourth-order valence-electron chi connectivity index (χ4n) is 2.01. The molecule has 2 aromatic rings. The Balaban J connectivity index is 2.13. The second kappa shape index (κ2) is 5.83. The first-order valence-electron chi connectivity index (χ1n) is 6.45. The van der Waals surface area contributed by atoms with Crippen LogP contribution in [0.15, 0.2) is 36.7 Å².